The highest BCUT2D eigenvalue weighted by Crippen LogP contribution is 2.44. The molecular formula is C24H26FN3O3. The molecule has 0 saturated heterocycles. The second kappa shape index (κ2) is 8.51. The monoisotopic (exact) mass is 423 g/mol. The van der Waals surface area contributed by atoms with E-state index in [4.69, 9.17) is 4.74 Å². The standard InChI is InChI=1S/C24H26FN3O3/c1-14(2)31-12-4-11-28-23(16-6-8-17(25)9-7-16)20-21(26-27-22(20)24(28)30)18-13-15(3)5-10-19(18)29/h5-10,13-14,23,29H,4,11-12H2,1-3H3,(H,26,27). The van der Waals surface area contributed by atoms with Gasteiger partial charge in [0.2, 0.25) is 0 Å². The van der Waals surface area contributed by atoms with Crippen molar-refractivity contribution in [1.82, 2.24) is 15.1 Å². The lowest BCUT2D eigenvalue weighted by Crippen LogP contribution is -2.31. The van der Waals surface area contributed by atoms with E-state index >= 15 is 0 Å². The van der Waals surface area contributed by atoms with E-state index in [1.165, 1.54) is 12.1 Å². The molecule has 4 rings (SSSR count). The Morgan fingerprint density at radius 2 is 1.97 bits per heavy atom. The van der Waals surface area contributed by atoms with Crippen LogP contribution in [0.5, 0.6) is 5.75 Å². The zero-order chi connectivity index (χ0) is 22.1. The molecule has 1 aliphatic heterocycles. The summed E-state index contributed by atoms with van der Waals surface area (Å²) in [5.41, 5.74) is 3.93. The lowest BCUT2D eigenvalue weighted by atomic mass is 9.95. The number of halogens is 1. The molecule has 1 unspecified atom stereocenters. The van der Waals surface area contributed by atoms with E-state index in [1.54, 1.807) is 23.1 Å². The Kier molecular flexibility index (Phi) is 5.78. The molecule has 31 heavy (non-hydrogen) atoms. The number of aromatic amines is 1. The first-order chi connectivity index (χ1) is 14.9. The molecular weight excluding hydrogens is 397 g/mol. The van der Waals surface area contributed by atoms with Crippen LogP contribution >= 0.6 is 0 Å². The first-order valence-corrected chi connectivity index (χ1v) is 10.4. The van der Waals surface area contributed by atoms with Crippen LogP contribution in [0.1, 0.15) is 53.5 Å². The number of aromatic nitrogens is 2. The number of aryl methyl sites for hydroxylation is 1. The molecule has 0 spiro atoms. The van der Waals surface area contributed by atoms with E-state index in [0.717, 1.165) is 11.1 Å². The number of nitrogens with one attached hydrogen (secondary N) is 1. The number of rotatable bonds is 7. The summed E-state index contributed by atoms with van der Waals surface area (Å²) in [5, 5.41) is 17.7. The second-order valence-corrected chi connectivity index (χ2v) is 8.11. The number of hydrogen-bond acceptors (Lipinski definition) is 4. The summed E-state index contributed by atoms with van der Waals surface area (Å²) in [4.78, 5) is 15.0. The van der Waals surface area contributed by atoms with E-state index in [9.17, 15) is 14.3 Å². The molecule has 0 aliphatic carbocycles. The van der Waals surface area contributed by atoms with Crippen molar-refractivity contribution in [1.29, 1.82) is 0 Å². The van der Waals surface area contributed by atoms with E-state index in [-0.39, 0.29) is 23.6 Å². The fourth-order valence-electron chi connectivity index (χ4n) is 4.02. The van der Waals surface area contributed by atoms with E-state index < -0.39 is 6.04 Å². The van der Waals surface area contributed by atoms with Crippen LogP contribution < -0.4 is 0 Å². The van der Waals surface area contributed by atoms with Crippen LogP contribution in [0.4, 0.5) is 4.39 Å². The van der Waals surface area contributed by atoms with Gasteiger partial charge in [-0.15, -0.1) is 0 Å². The third-order valence-electron chi connectivity index (χ3n) is 5.45. The largest absolute Gasteiger partial charge is 0.507 e. The lowest BCUT2D eigenvalue weighted by Gasteiger charge is -2.26. The maximum absolute atomic E-state index is 13.6. The van der Waals surface area contributed by atoms with Crippen LogP contribution in [0.15, 0.2) is 42.5 Å². The molecule has 162 valence electrons. The van der Waals surface area contributed by atoms with Crippen molar-refractivity contribution in [2.45, 2.75) is 39.3 Å². The fourth-order valence-corrected chi connectivity index (χ4v) is 4.02. The number of carbonyl (C=O) groups excluding carboxylic acids is 1. The quantitative estimate of drug-likeness (QED) is 0.545. The van der Waals surface area contributed by atoms with Crippen LogP contribution in [-0.4, -0.2) is 45.4 Å². The lowest BCUT2D eigenvalue weighted by molar-refractivity contribution is 0.0601. The summed E-state index contributed by atoms with van der Waals surface area (Å²) in [6, 6.07) is 11.0. The van der Waals surface area contributed by atoms with Gasteiger partial charge in [0.25, 0.3) is 5.91 Å². The number of H-pyrrole nitrogens is 1. The van der Waals surface area contributed by atoms with Gasteiger partial charge in [-0.05, 0) is 57.0 Å². The van der Waals surface area contributed by atoms with Crippen molar-refractivity contribution in [2.75, 3.05) is 13.2 Å². The second-order valence-electron chi connectivity index (χ2n) is 8.11. The molecule has 1 aliphatic rings. The predicted octanol–water partition coefficient (Wildman–Crippen LogP) is 4.59. The predicted molar refractivity (Wildman–Crippen MR) is 115 cm³/mol. The number of aromatic hydroxyl groups is 1. The van der Waals surface area contributed by atoms with Crippen LogP contribution in [0.25, 0.3) is 11.3 Å². The van der Waals surface area contributed by atoms with Crippen molar-refractivity contribution in [3.05, 3.63) is 70.7 Å². The van der Waals surface area contributed by atoms with Crippen molar-refractivity contribution >= 4 is 5.91 Å². The van der Waals surface area contributed by atoms with E-state index in [1.807, 2.05) is 32.9 Å². The molecule has 0 fully saturated rings. The first-order valence-electron chi connectivity index (χ1n) is 10.4. The third kappa shape index (κ3) is 4.05. The summed E-state index contributed by atoms with van der Waals surface area (Å²) in [7, 11) is 0. The van der Waals surface area contributed by atoms with Gasteiger partial charge in [0.05, 0.1) is 12.1 Å². The summed E-state index contributed by atoms with van der Waals surface area (Å²) in [5.74, 6) is -0.414. The van der Waals surface area contributed by atoms with Crippen LogP contribution in [-0.2, 0) is 4.74 Å². The third-order valence-corrected chi connectivity index (χ3v) is 5.45. The molecule has 3 aromatic rings. The highest BCUT2D eigenvalue weighted by atomic mass is 19.1. The Labute approximate surface area is 180 Å². The molecule has 2 aromatic carbocycles. The molecule has 0 radical (unpaired) electrons. The number of hydrogen-bond donors (Lipinski definition) is 2. The van der Waals surface area contributed by atoms with Gasteiger partial charge in [0, 0.05) is 24.3 Å². The van der Waals surface area contributed by atoms with Crippen LogP contribution in [0.2, 0.25) is 0 Å². The minimum Gasteiger partial charge on any atom is -0.507 e. The molecule has 1 amide bonds. The van der Waals surface area contributed by atoms with Gasteiger partial charge in [-0.3, -0.25) is 9.89 Å². The molecule has 2 heterocycles. The Bertz CT molecular complexity index is 1090. The summed E-state index contributed by atoms with van der Waals surface area (Å²) >= 11 is 0. The molecule has 6 nitrogen and oxygen atoms in total. The average molecular weight is 423 g/mol. The number of benzene rings is 2. The fraction of sp³-hybridized carbons (Fsp3) is 0.333. The number of fused-ring (bicyclic) bond motifs is 1. The normalized spacial score (nSPS) is 15.7. The molecule has 1 atom stereocenters. The van der Waals surface area contributed by atoms with Crippen LogP contribution in [0.3, 0.4) is 0 Å². The smallest absolute Gasteiger partial charge is 0.273 e. The maximum Gasteiger partial charge on any atom is 0.273 e. The zero-order valence-electron chi connectivity index (χ0n) is 17.9. The molecule has 0 saturated carbocycles. The number of carbonyl (C=O) groups is 1. The van der Waals surface area contributed by atoms with Gasteiger partial charge in [0.15, 0.2) is 0 Å². The van der Waals surface area contributed by atoms with Gasteiger partial charge in [-0.1, -0.05) is 23.8 Å². The average Bonchev–Trinajstić information content (AvgIpc) is 3.27. The minimum absolute atomic E-state index is 0.0917. The highest BCUT2D eigenvalue weighted by Gasteiger charge is 2.42. The van der Waals surface area contributed by atoms with Gasteiger partial charge in [-0.25, -0.2) is 4.39 Å². The number of ether oxygens (including phenoxy) is 1. The van der Waals surface area contributed by atoms with Crippen molar-refractivity contribution in [3.63, 3.8) is 0 Å². The Balaban J connectivity index is 1.76. The molecule has 2 N–H and O–H groups in total. The van der Waals surface area contributed by atoms with Gasteiger partial charge in [0.1, 0.15) is 23.0 Å². The van der Waals surface area contributed by atoms with Gasteiger partial charge >= 0.3 is 0 Å². The summed E-state index contributed by atoms with van der Waals surface area (Å²) in [6.45, 7) is 6.89. The Morgan fingerprint density at radius 1 is 1.23 bits per heavy atom. The Hall–Kier alpha value is -3.19. The Morgan fingerprint density at radius 3 is 2.68 bits per heavy atom. The van der Waals surface area contributed by atoms with Crippen molar-refractivity contribution in [2.24, 2.45) is 0 Å². The molecule has 1 aromatic heterocycles. The number of nitrogens with zero attached hydrogens (tertiary/aromatic N) is 2. The minimum atomic E-state index is -0.434. The maximum atomic E-state index is 13.6. The number of amides is 1. The van der Waals surface area contributed by atoms with E-state index in [0.29, 0.717) is 42.1 Å². The summed E-state index contributed by atoms with van der Waals surface area (Å²) < 4.78 is 19.2. The molecule has 7 heteroatoms. The number of phenolic OH excluding ortho intramolecular Hbond substituents is 1. The van der Waals surface area contributed by atoms with Crippen molar-refractivity contribution in [3.8, 4) is 17.0 Å². The zero-order valence-corrected chi connectivity index (χ0v) is 17.9. The SMILES string of the molecule is Cc1ccc(O)c(-c2n[nH]c3c2C(c2ccc(F)cc2)N(CCCOC(C)C)C3=O)c1. The summed E-state index contributed by atoms with van der Waals surface area (Å²) in [6.07, 6.45) is 0.791. The number of phenols is 1. The topological polar surface area (TPSA) is 78.5 Å². The van der Waals surface area contributed by atoms with Crippen molar-refractivity contribution < 1.29 is 19.0 Å². The van der Waals surface area contributed by atoms with E-state index in [2.05, 4.69) is 10.2 Å². The highest BCUT2D eigenvalue weighted by molar-refractivity contribution is 6.00. The molecule has 0 bridgehead atoms. The van der Waals surface area contributed by atoms with Crippen LogP contribution in [0, 0.1) is 12.7 Å². The van der Waals surface area contributed by atoms with Gasteiger partial charge < -0.3 is 14.7 Å². The van der Waals surface area contributed by atoms with Gasteiger partial charge in [-0.2, -0.15) is 5.10 Å². The first kappa shape index (κ1) is 21.1.